The fourth-order valence-corrected chi connectivity index (χ4v) is 2.11. The van der Waals surface area contributed by atoms with Gasteiger partial charge < -0.3 is 4.74 Å². The number of nitriles is 1. The summed E-state index contributed by atoms with van der Waals surface area (Å²) >= 11 is 0. The van der Waals surface area contributed by atoms with Crippen molar-refractivity contribution in [3.63, 3.8) is 0 Å². The third kappa shape index (κ3) is 3.82. The molecule has 0 saturated heterocycles. The van der Waals surface area contributed by atoms with Gasteiger partial charge in [0.25, 0.3) is 5.91 Å². The summed E-state index contributed by atoms with van der Waals surface area (Å²) in [6.45, 7) is 6.43. The average Bonchev–Trinajstić information content (AvgIpc) is 2.97. The van der Waals surface area contributed by atoms with Gasteiger partial charge in [-0.25, -0.2) is 5.84 Å². The third-order valence-electron chi connectivity index (χ3n) is 3.65. The summed E-state index contributed by atoms with van der Waals surface area (Å²) in [7, 11) is 0. The number of rotatable bonds is 6. The molecule has 1 amide bonds. The molecule has 0 saturated carbocycles. The molecule has 1 aromatic rings. The van der Waals surface area contributed by atoms with Gasteiger partial charge in [-0.2, -0.15) is 20.9 Å². The Labute approximate surface area is 141 Å². The minimum atomic E-state index is -1.05. The molecule has 2 rings (SSSR count). The van der Waals surface area contributed by atoms with E-state index in [-0.39, 0.29) is 0 Å². The maximum absolute atomic E-state index is 11.8. The maximum Gasteiger partial charge on any atom is 0.261 e. The Morgan fingerprint density at radius 1 is 1.58 bits per heavy atom. The first-order valence-corrected chi connectivity index (χ1v) is 7.70. The predicted octanol–water partition coefficient (Wildman–Crippen LogP) is 1.04. The number of hydrazine groups is 2. The summed E-state index contributed by atoms with van der Waals surface area (Å²) in [4.78, 5) is 11.8. The molecule has 1 aromatic carbocycles. The number of nitrogens with two attached hydrogens (primary N) is 1. The molecule has 0 radical (unpaired) electrons. The molecule has 8 heteroatoms. The largest absolute Gasteiger partial charge is 0.492 e. The first-order valence-electron chi connectivity index (χ1n) is 7.70. The van der Waals surface area contributed by atoms with E-state index >= 15 is 0 Å². The van der Waals surface area contributed by atoms with E-state index in [1.165, 1.54) is 11.3 Å². The highest BCUT2D eigenvalue weighted by Crippen LogP contribution is 2.26. The van der Waals surface area contributed by atoms with Crippen LogP contribution >= 0.6 is 0 Å². The number of hydrogen-bond donors (Lipinski definition) is 3. The monoisotopic (exact) mass is 330 g/mol. The topological polar surface area (TPSA) is 116 Å². The van der Waals surface area contributed by atoms with Gasteiger partial charge in [0.2, 0.25) is 0 Å². The van der Waals surface area contributed by atoms with Gasteiger partial charge in [-0.15, -0.1) is 0 Å². The molecule has 1 unspecified atom stereocenters. The van der Waals surface area contributed by atoms with Crippen molar-refractivity contribution >= 4 is 17.8 Å². The Bertz CT molecular complexity index is 682. The van der Waals surface area contributed by atoms with Crippen LogP contribution in [-0.4, -0.2) is 24.3 Å². The van der Waals surface area contributed by atoms with E-state index in [1.807, 2.05) is 0 Å². The number of amides is 1. The molecule has 4 N–H and O–H groups in total. The zero-order valence-corrected chi connectivity index (χ0v) is 14.0. The summed E-state index contributed by atoms with van der Waals surface area (Å²) in [5.74, 6) is 5.83. The van der Waals surface area contributed by atoms with Gasteiger partial charge in [0.15, 0.2) is 5.54 Å². The van der Waals surface area contributed by atoms with Crippen LogP contribution in [-0.2, 0) is 4.79 Å². The van der Waals surface area contributed by atoms with Crippen LogP contribution in [0.2, 0.25) is 0 Å². The van der Waals surface area contributed by atoms with E-state index < -0.39 is 11.4 Å². The minimum absolute atomic E-state index is 0.408. The maximum atomic E-state index is 11.8. The lowest BCUT2D eigenvalue weighted by Gasteiger charge is -2.23. The number of hydrazone groups is 1. The highest BCUT2D eigenvalue weighted by molar-refractivity contribution is 6.04. The third-order valence-corrected chi connectivity index (χ3v) is 3.65. The summed E-state index contributed by atoms with van der Waals surface area (Å²) in [5, 5.41) is 14.9. The molecule has 1 aliphatic rings. The molecular formula is C16H22N6O2. The molecule has 24 heavy (non-hydrogen) atoms. The van der Waals surface area contributed by atoms with Crippen molar-refractivity contribution in [1.29, 1.82) is 5.26 Å². The molecule has 1 heterocycles. The number of benzene rings is 1. The van der Waals surface area contributed by atoms with Crippen LogP contribution in [0.5, 0.6) is 5.75 Å². The summed E-state index contributed by atoms with van der Waals surface area (Å²) in [6, 6.07) is 7.27. The Balaban J connectivity index is 2.12. The molecule has 1 aliphatic heterocycles. The van der Waals surface area contributed by atoms with Crippen LogP contribution in [0.3, 0.4) is 0 Å². The van der Waals surface area contributed by atoms with Crippen molar-refractivity contribution in [2.24, 2.45) is 16.9 Å². The summed E-state index contributed by atoms with van der Waals surface area (Å²) in [6.07, 6.45) is 2.37. The lowest BCUT2D eigenvalue weighted by atomic mass is 10.1. The second-order valence-corrected chi connectivity index (χ2v) is 6.17. The normalized spacial score (nSPS) is 19.4. The van der Waals surface area contributed by atoms with Crippen molar-refractivity contribution in [2.45, 2.75) is 32.7 Å². The Kier molecular flexibility index (Phi) is 5.39. The average molecular weight is 330 g/mol. The van der Waals surface area contributed by atoms with Gasteiger partial charge in [-0.1, -0.05) is 13.8 Å². The summed E-state index contributed by atoms with van der Waals surface area (Å²) < 4.78 is 5.67. The number of hydrogen-bond acceptors (Lipinski definition) is 7. The second-order valence-electron chi connectivity index (χ2n) is 6.17. The molecule has 1 atom stereocenters. The van der Waals surface area contributed by atoms with Crippen LogP contribution in [0.15, 0.2) is 23.3 Å². The predicted molar refractivity (Wildman–Crippen MR) is 90.9 cm³/mol. The smallest absolute Gasteiger partial charge is 0.261 e. The molecule has 0 aliphatic carbocycles. The fourth-order valence-electron chi connectivity index (χ4n) is 2.11. The number of nitrogens with zero attached hydrogens (tertiary/aromatic N) is 3. The molecular weight excluding hydrogens is 308 g/mol. The van der Waals surface area contributed by atoms with E-state index in [2.05, 4.69) is 35.9 Å². The minimum Gasteiger partial charge on any atom is -0.492 e. The first kappa shape index (κ1) is 17.7. The van der Waals surface area contributed by atoms with E-state index in [1.54, 1.807) is 25.1 Å². The molecule has 8 nitrogen and oxygen atoms in total. The van der Waals surface area contributed by atoms with Crippen LogP contribution in [0.1, 0.15) is 32.8 Å². The van der Waals surface area contributed by atoms with Gasteiger partial charge in [0.05, 0.1) is 24.1 Å². The van der Waals surface area contributed by atoms with Gasteiger partial charge in [-0.05, 0) is 37.5 Å². The van der Waals surface area contributed by atoms with Crippen molar-refractivity contribution in [1.82, 2.24) is 10.9 Å². The van der Waals surface area contributed by atoms with Crippen molar-refractivity contribution in [2.75, 3.05) is 11.7 Å². The Morgan fingerprint density at radius 3 is 2.96 bits per heavy atom. The summed E-state index contributed by atoms with van der Waals surface area (Å²) in [5.41, 5.74) is 5.00. The van der Waals surface area contributed by atoms with Crippen molar-refractivity contribution in [3.8, 4) is 11.8 Å². The van der Waals surface area contributed by atoms with Gasteiger partial charge in [-0.3, -0.25) is 10.2 Å². The number of carbonyl (C=O) groups excluding carboxylic acids is 1. The van der Waals surface area contributed by atoms with Crippen molar-refractivity contribution in [3.05, 3.63) is 23.8 Å². The molecule has 128 valence electrons. The van der Waals surface area contributed by atoms with E-state index in [9.17, 15) is 10.1 Å². The Hall–Kier alpha value is -2.63. The number of ether oxygens (including phenoxy) is 1. The zero-order valence-electron chi connectivity index (χ0n) is 14.0. The van der Waals surface area contributed by atoms with E-state index in [0.29, 0.717) is 29.5 Å². The fraction of sp³-hybridized carbons (Fsp3) is 0.438. The van der Waals surface area contributed by atoms with Gasteiger partial charge in [0.1, 0.15) is 11.8 Å². The van der Waals surface area contributed by atoms with Crippen LogP contribution in [0.4, 0.5) is 5.69 Å². The lowest BCUT2D eigenvalue weighted by molar-refractivity contribution is -0.124. The standard InChI is InChI=1S/C16H22N6O2/c1-11(2)6-7-24-14-5-4-13(8-12(14)9-17)22-19-10-16(3,21-22)15(23)20-18/h4-5,8,10-11,21H,6-7,18H2,1-3H3,(H,20,23). The Morgan fingerprint density at radius 2 is 2.33 bits per heavy atom. The second kappa shape index (κ2) is 7.29. The van der Waals surface area contributed by atoms with E-state index in [0.717, 1.165) is 6.42 Å². The van der Waals surface area contributed by atoms with Crippen molar-refractivity contribution < 1.29 is 9.53 Å². The first-order chi connectivity index (χ1) is 11.4. The zero-order chi connectivity index (χ0) is 17.7. The lowest BCUT2D eigenvalue weighted by Crippen LogP contribution is -2.58. The van der Waals surface area contributed by atoms with Gasteiger partial charge >= 0.3 is 0 Å². The highest BCUT2D eigenvalue weighted by atomic mass is 16.5. The number of nitrogens with one attached hydrogen (secondary N) is 2. The van der Waals surface area contributed by atoms with Crippen LogP contribution in [0, 0.1) is 17.2 Å². The molecule has 0 aromatic heterocycles. The van der Waals surface area contributed by atoms with Gasteiger partial charge in [0, 0.05) is 0 Å². The molecule has 0 bridgehead atoms. The molecule has 0 spiro atoms. The molecule has 0 fully saturated rings. The number of carbonyl (C=O) groups is 1. The number of anilines is 1. The highest BCUT2D eigenvalue weighted by Gasteiger charge is 2.37. The van der Waals surface area contributed by atoms with Crippen LogP contribution in [0.25, 0.3) is 0 Å². The SMILES string of the molecule is CC(C)CCOc1ccc(N2N=CC(C)(C(=O)NN)N2)cc1C#N. The van der Waals surface area contributed by atoms with E-state index in [4.69, 9.17) is 10.6 Å². The quantitative estimate of drug-likeness (QED) is 0.408. The van der Waals surface area contributed by atoms with Crippen LogP contribution < -0.4 is 26.5 Å².